The Labute approximate surface area is 112 Å². The van der Waals surface area contributed by atoms with Gasteiger partial charge in [-0.3, -0.25) is 0 Å². The third kappa shape index (κ3) is 4.72. The molecule has 0 bridgehead atoms. The van der Waals surface area contributed by atoms with E-state index in [1.165, 1.54) is 0 Å². The van der Waals surface area contributed by atoms with Crippen LogP contribution in [0.3, 0.4) is 0 Å². The number of nitrogens with zero attached hydrogens (tertiary/aromatic N) is 1. The third-order valence-electron chi connectivity index (χ3n) is 3.70. The topological polar surface area (TPSA) is 29.3 Å². The van der Waals surface area contributed by atoms with E-state index in [9.17, 15) is 13.2 Å². The van der Waals surface area contributed by atoms with Crippen LogP contribution in [0.15, 0.2) is 0 Å². The second-order valence-electron chi connectivity index (χ2n) is 5.00. The van der Waals surface area contributed by atoms with Crippen LogP contribution in [0, 0.1) is 11.8 Å². The Morgan fingerprint density at radius 1 is 1.39 bits per heavy atom. The molecule has 0 saturated carbocycles. The quantitative estimate of drug-likeness (QED) is 0.804. The van der Waals surface area contributed by atoms with Crippen molar-refractivity contribution in [1.29, 1.82) is 0 Å². The zero-order valence-corrected chi connectivity index (χ0v) is 11.5. The Bertz CT molecular complexity index is 281. The standard InChI is InChI=1S/C12H21F3N2S/c1-2-9-4-3-6-17(7-5-9)8-10(11(16)18)12(13,14)15/h9-10H,2-8H2,1H3,(H2,16,18). The maximum Gasteiger partial charge on any atom is 0.399 e. The van der Waals surface area contributed by atoms with Crippen molar-refractivity contribution in [2.45, 2.75) is 38.8 Å². The molecule has 0 spiro atoms. The Balaban J connectivity index is 2.57. The third-order valence-corrected chi connectivity index (χ3v) is 3.98. The molecule has 1 heterocycles. The number of halogens is 3. The van der Waals surface area contributed by atoms with Gasteiger partial charge in [-0.2, -0.15) is 13.2 Å². The number of thiocarbonyl (C=S) groups is 1. The lowest BCUT2D eigenvalue weighted by Gasteiger charge is -2.27. The zero-order valence-electron chi connectivity index (χ0n) is 10.7. The number of alkyl halides is 3. The molecule has 1 rings (SSSR count). The summed E-state index contributed by atoms with van der Waals surface area (Å²) in [7, 11) is 0. The minimum Gasteiger partial charge on any atom is -0.393 e. The Hall–Kier alpha value is -0.360. The van der Waals surface area contributed by atoms with Gasteiger partial charge in [0.15, 0.2) is 0 Å². The molecule has 18 heavy (non-hydrogen) atoms. The van der Waals surface area contributed by atoms with Crippen LogP contribution < -0.4 is 5.73 Å². The number of rotatable bonds is 4. The zero-order chi connectivity index (χ0) is 13.8. The molecule has 2 nitrogen and oxygen atoms in total. The van der Waals surface area contributed by atoms with Gasteiger partial charge in [0.05, 0.1) is 4.99 Å². The van der Waals surface area contributed by atoms with Crippen molar-refractivity contribution in [3.8, 4) is 0 Å². The largest absolute Gasteiger partial charge is 0.399 e. The molecule has 6 heteroatoms. The maximum atomic E-state index is 12.8. The molecular formula is C12H21F3N2S. The maximum absolute atomic E-state index is 12.8. The first-order chi connectivity index (χ1) is 8.34. The first-order valence-electron chi connectivity index (χ1n) is 6.43. The molecule has 2 atom stereocenters. The molecule has 0 amide bonds. The summed E-state index contributed by atoms with van der Waals surface area (Å²) < 4.78 is 38.3. The molecule has 0 aromatic rings. The Kier molecular flexibility index (Phi) is 5.85. The smallest absolute Gasteiger partial charge is 0.393 e. The van der Waals surface area contributed by atoms with Gasteiger partial charge in [-0.05, 0) is 38.3 Å². The average Bonchev–Trinajstić information content (AvgIpc) is 2.48. The lowest BCUT2D eigenvalue weighted by Crippen LogP contribution is -2.43. The van der Waals surface area contributed by atoms with E-state index >= 15 is 0 Å². The average molecular weight is 282 g/mol. The fourth-order valence-electron chi connectivity index (χ4n) is 2.43. The lowest BCUT2D eigenvalue weighted by atomic mass is 9.98. The van der Waals surface area contributed by atoms with E-state index in [1.807, 2.05) is 4.90 Å². The summed E-state index contributed by atoms with van der Waals surface area (Å²) >= 11 is 4.54. The number of hydrogen-bond acceptors (Lipinski definition) is 2. The van der Waals surface area contributed by atoms with E-state index in [0.29, 0.717) is 19.0 Å². The molecule has 2 N–H and O–H groups in total. The molecule has 1 aliphatic rings. The fourth-order valence-corrected chi connectivity index (χ4v) is 2.64. The van der Waals surface area contributed by atoms with Gasteiger partial charge in [0, 0.05) is 6.54 Å². The van der Waals surface area contributed by atoms with Gasteiger partial charge < -0.3 is 10.6 Å². The molecule has 2 unspecified atom stereocenters. The van der Waals surface area contributed by atoms with E-state index in [2.05, 4.69) is 19.1 Å². The van der Waals surface area contributed by atoms with E-state index in [0.717, 1.165) is 25.7 Å². The van der Waals surface area contributed by atoms with Crippen LogP contribution in [0.5, 0.6) is 0 Å². The summed E-state index contributed by atoms with van der Waals surface area (Å²) in [5.74, 6) is -1.03. The van der Waals surface area contributed by atoms with Gasteiger partial charge in [-0.15, -0.1) is 0 Å². The van der Waals surface area contributed by atoms with Crippen LogP contribution in [0.4, 0.5) is 13.2 Å². The molecular weight excluding hydrogens is 261 g/mol. The molecule has 1 saturated heterocycles. The lowest BCUT2D eigenvalue weighted by molar-refractivity contribution is -0.159. The minimum atomic E-state index is -4.33. The van der Waals surface area contributed by atoms with Crippen LogP contribution in [0.2, 0.25) is 0 Å². The molecule has 0 aromatic carbocycles. The highest BCUT2D eigenvalue weighted by Gasteiger charge is 2.42. The summed E-state index contributed by atoms with van der Waals surface area (Å²) in [6.07, 6.45) is -0.191. The van der Waals surface area contributed by atoms with Crippen molar-refractivity contribution in [3.63, 3.8) is 0 Å². The summed E-state index contributed by atoms with van der Waals surface area (Å²) in [5, 5.41) is 0. The minimum absolute atomic E-state index is 0.0880. The van der Waals surface area contributed by atoms with Gasteiger partial charge in [-0.25, -0.2) is 0 Å². The highest BCUT2D eigenvalue weighted by atomic mass is 32.1. The van der Waals surface area contributed by atoms with Gasteiger partial charge >= 0.3 is 6.18 Å². The summed E-state index contributed by atoms with van der Waals surface area (Å²) in [4.78, 5) is 1.41. The van der Waals surface area contributed by atoms with Crippen LogP contribution in [0.25, 0.3) is 0 Å². The van der Waals surface area contributed by atoms with E-state index in [4.69, 9.17) is 5.73 Å². The summed E-state index contributed by atoms with van der Waals surface area (Å²) in [5.41, 5.74) is 5.22. The SMILES string of the molecule is CCC1CCCN(CC(C(N)=S)C(F)(F)F)CC1. The molecule has 0 aliphatic carbocycles. The predicted octanol–water partition coefficient (Wildman–Crippen LogP) is 2.96. The second-order valence-corrected chi connectivity index (χ2v) is 5.47. The van der Waals surface area contributed by atoms with Crippen molar-refractivity contribution < 1.29 is 13.2 Å². The first kappa shape index (κ1) is 15.7. The van der Waals surface area contributed by atoms with E-state index < -0.39 is 17.1 Å². The van der Waals surface area contributed by atoms with Gasteiger partial charge in [-0.1, -0.05) is 25.6 Å². The predicted molar refractivity (Wildman–Crippen MR) is 70.4 cm³/mol. The summed E-state index contributed by atoms with van der Waals surface area (Å²) in [6.45, 7) is 3.47. The van der Waals surface area contributed by atoms with Gasteiger partial charge in [0.25, 0.3) is 0 Å². The normalized spacial score (nSPS) is 24.6. The van der Waals surface area contributed by atoms with Crippen LogP contribution >= 0.6 is 12.2 Å². The molecule has 0 aromatic heterocycles. The summed E-state index contributed by atoms with van der Waals surface area (Å²) in [6, 6.07) is 0. The second kappa shape index (κ2) is 6.70. The first-order valence-corrected chi connectivity index (χ1v) is 6.83. The fraction of sp³-hybridized carbons (Fsp3) is 0.917. The Morgan fingerprint density at radius 2 is 2.06 bits per heavy atom. The van der Waals surface area contributed by atoms with Crippen LogP contribution in [-0.2, 0) is 0 Å². The molecule has 0 radical (unpaired) electrons. The Morgan fingerprint density at radius 3 is 2.56 bits per heavy atom. The van der Waals surface area contributed by atoms with Crippen molar-refractivity contribution in [1.82, 2.24) is 4.90 Å². The highest BCUT2D eigenvalue weighted by Crippen LogP contribution is 2.29. The highest BCUT2D eigenvalue weighted by molar-refractivity contribution is 7.80. The van der Waals surface area contributed by atoms with E-state index in [1.54, 1.807) is 0 Å². The van der Waals surface area contributed by atoms with Crippen molar-refractivity contribution in [2.75, 3.05) is 19.6 Å². The van der Waals surface area contributed by atoms with Crippen LogP contribution in [-0.4, -0.2) is 35.7 Å². The van der Waals surface area contributed by atoms with Crippen molar-refractivity contribution in [3.05, 3.63) is 0 Å². The number of hydrogen-bond donors (Lipinski definition) is 1. The number of likely N-dealkylation sites (tertiary alicyclic amines) is 1. The van der Waals surface area contributed by atoms with Crippen LogP contribution in [0.1, 0.15) is 32.6 Å². The number of nitrogens with two attached hydrogens (primary N) is 1. The van der Waals surface area contributed by atoms with Crippen molar-refractivity contribution in [2.24, 2.45) is 17.6 Å². The molecule has 1 fully saturated rings. The molecule has 1 aliphatic heterocycles. The van der Waals surface area contributed by atoms with Gasteiger partial charge in [0.2, 0.25) is 0 Å². The van der Waals surface area contributed by atoms with E-state index in [-0.39, 0.29) is 6.54 Å². The molecule has 106 valence electrons. The monoisotopic (exact) mass is 282 g/mol. The van der Waals surface area contributed by atoms with Crippen molar-refractivity contribution >= 4 is 17.2 Å². The van der Waals surface area contributed by atoms with Gasteiger partial charge in [0.1, 0.15) is 5.92 Å².